The molecule has 0 aliphatic heterocycles. The van der Waals surface area contributed by atoms with Crippen molar-refractivity contribution in [2.24, 2.45) is 5.92 Å². The minimum atomic E-state index is -0.844. The molecule has 1 aliphatic carbocycles. The van der Waals surface area contributed by atoms with Crippen molar-refractivity contribution >= 4 is 12.2 Å². The largest absolute Gasteiger partial charge is 0.203 e. The van der Waals surface area contributed by atoms with Gasteiger partial charge < -0.3 is 0 Å². The lowest BCUT2D eigenvalue weighted by molar-refractivity contribution is 0.303. The zero-order valence-electron chi connectivity index (χ0n) is 22.5. The van der Waals surface area contributed by atoms with Gasteiger partial charge in [-0.1, -0.05) is 100 Å². The van der Waals surface area contributed by atoms with Crippen molar-refractivity contribution in [3.05, 3.63) is 94.1 Å². The van der Waals surface area contributed by atoms with E-state index in [9.17, 15) is 8.78 Å². The average molecular weight is 523 g/mol. The second-order valence-electron chi connectivity index (χ2n) is 10.7. The molecular weight excluding hydrogens is 484 g/mol. The standard InChI is InChI=1S/C34H38F4/c1-3-5-6-8-27-19-20-28(32(36)31(27)35)18-13-24-11-16-26(17-12-24)30-22-21-29(33(37)34(30)38)25-14-9-23(7-4-2)10-15-25/h11-13,16-23,25H,3-10,14-15H2,1-2H3/b18-13+. The van der Waals surface area contributed by atoms with Crippen LogP contribution in [0, 0.1) is 29.2 Å². The Bertz CT molecular complexity index is 1230. The van der Waals surface area contributed by atoms with Crippen molar-refractivity contribution in [3.63, 3.8) is 0 Å². The van der Waals surface area contributed by atoms with Gasteiger partial charge >= 0.3 is 0 Å². The first-order valence-corrected chi connectivity index (χ1v) is 14.2. The quantitative estimate of drug-likeness (QED) is 0.141. The van der Waals surface area contributed by atoms with Crippen LogP contribution in [0.25, 0.3) is 23.3 Å². The molecule has 0 saturated heterocycles. The van der Waals surface area contributed by atoms with Crippen LogP contribution in [0.2, 0.25) is 0 Å². The van der Waals surface area contributed by atoms with E-state index < -0.39 is 23.3 Å². The third-order valence-corrected chi connectivity index (χ3v) is 8.01. The molecule has 1 saturated carbocycles. The molecule has 38 heavy (non-hydrogen) atoms. The average Bonchev–Trinajstić information content (AvgIpc) is 2.93. The summed E-state index contributed by atoms with van der Waals surface area (Å²) in [6.45, 7) is 4.26. The Kier molecular flexibility index (Phi) is 9.82. The molecule has 3 aromatic carbocycles. The number of benzene rings is 3. The summed E-state index contributed by atoms with van der Waals surface area (Å²) in [6.07, 6.45) is 13.0. The molecule has 3 aromatic rings. The van der Waals surface area contributed by atoms with Gasteiger partial charge in [-0.25, -0.2) is 17.6 Å². The van der Waals surface area contributed by atoms with Crippen LogP contribution in [0.5, 0.6) is 0 Å². The van der Waals surface area contributed by atoms with Crippen LogP contribution in [0.4, 0.5) is 17.6 Å². The molecule has 0 heterocycles. The first-order valence-electron chi connectivity index (χ1n) is 14.2. The fraction of sp³-hybridized carbons (Fsp3) is 0.412. The molecule has 0 radical (unpaired) electrons. The van der Waals surface area contributed by atoms with Crippen LogP contribution in [-0.4, -0.2) is 0 Å². The predicted octanol–water partition coefficient (Wildman–Crippen LogP) is 10.9. The monoisotopic (exact) mass is 522 g/mol. The van der Waals surface area contributed by atoms with E-state index in [0.29, 0.717) is 29.0 Å². The third kappa shape index (κ3) is 6.57. The third-order valence-electron chi connectivity index (χ3n) is 8.01. The number of hydrogen-bond acceptors (Lipinski definition) is 0. The zero-order chi connectivity index (χ0) is 27.1. The van der Waals surface area contributed by atoms with Crippen molar-refractivity contribution in [3.8, 4) is 11.1 Å². The molecule has 202 valence electrons. The lowest BCUT2D eigenvalue weighted by atomic mass is 9.77. The van der Waals surface area contributed by atoms with Gasteiger partial charge in [0.05, 0.1) is 0 Å². The summed E-state index contributed by atoms with van der Waals surface area (Å²) in [6, 6.07) is 13.6. The van der Waals surface area contributed by atoms with E-state index in [1.807, 2.05) is 0 Å². The summed E-state index contributed by atoms with van der Waals surface area (Å²) < 4.78 is 59.2. The van der Waals surface area contributed by atoms with Gasteiger partial charge in [-0.2, -0.15) is 0 Å². The van der Waals surface area contributed by atoms with E-state index in [2.05, 4.69) is 13.8 Å². The Morgan fingerprint density at radius 1 is 0.684 bits per heavy atom. The maximum absolute atomic E-state index is 15.1. The summed E-state index contributed by atoms with van der Waals surface area (Å²) in [5.74, 6) is -2.38. The van der Waals surface area contributed by atoms with Crippen LogP contribution in [-0.2, 0) is 6.42 Å². The molecule has 0 spiro atoms. The Morgan fingerprint density at radius 3 is 2.11 bits per heavy atom. The second-order valence-corrected chi connectivity index (χ2v) is 10.7. The van der Waals surface area contributed by atoms with Crippen LogP contribution in [0.15, 0.2) is 48.5 Å². The van der Waals surface area contributed by atoms with E-state index in [4.69, 9.17) is 0 Å². The molecule has 0 nitrogen and oxygen atoms in total. The zero-order valence-corrected chi connectivity index (χ0v) is 22.5. The first-order chi connectivity index (χ1) is 18.4. The molecular formula is C34H38F4. The van der Waals surface area contributed by atoms with Gasteiger partial charge in [0.2, 0.25) is 0 Å². The molecule has 4 heteroatoms. The predicted molar refractivity (Wildman–Crippen MR) is 150 cm³/mol. The molecule has 0 aromatic heterocycles. The van der Waals surface area contributed by atoms with E-state index in [-0.39, 0.29) is 17.0 Å². The Morgan fingerprint density at radius 2 is 1.42 bits per heavy atom. The number of rotatable bonds is 10. The van der Waals surface area contributed by atoms with E-state index in [1.54, 1.807) is 54.6 Å². The van der Waals surface area contributed by atoms with Crippen molar-refractivity contribution < 1.29 is 17.6 Å². The Balaban J connectivity index is 1.45. The van der Waals surface area contributed by atoms with Crippen molar-refractivity contribution in [2.45, 2.75) is 84.0 Å². The number of unbranched alkanes of at least 4 members (excludes halogenated alkanes) is 2. The van der Waals surface area contributed by atoms with Crippen molar-refractivity contribution in [1.29, 1.82) is 0 Å². The highest BCUT2D eigenvalue weighted by Crippen LogP contribution is 2.40. The Labute approximate surface area is 224 Å². The maximum Gasteiger partial charge on any atom is 0.166 e. The summed E-state index contributed by atoms with van der Waals surface area (Å²) in [5, 5.41) is 0. The summed E-state index contributed by atoms with van der Waals surface area (Å²) in [7, 11) is 0. The smallest absolute Gasteiger partial charge is 0.166 e. The highest BCUT2D eigenvalue weighted by Gasteiger charge is 2.26. The van der Waals surface area contributed by atoms with Gasteiger partial charge in [0.15, 0.2) is 23.3 Å². The number of halogens is 4. The highest BCUT2D eigenvalue weighted by molar-refractivity contribution is 5.72. The second kappa shape index (κ2) is 13.3. The van der Waals surface area contributed by atoms with Gasteiger partial charge in [0.1, 0.15) is 0 Å². The van der Waals surface area contributed by atoms with Gasteiger partial charge in [0, 0.05) is 11.1 Å². The SMILES string of the molecule is CCCCCc1ccc(/C=C/c2ccc(-c3ccc(C4CCC(CCC)CC4)c(F)c3F)cc2)c(F)c1F. The molecule has 0 N–H and O–H groups in total. The summed E-state index contributed by atoms with van der Waals surface area (Å²) in [4.78, 5) is 0. The number of hydrogen-bond donors (Lipinski definition) is 0. The molecule has 4 rings (SSSR count). The molecule has 1 aliphatic rings. The fourth-order valence-corrected chi connectivity index (χ4v) is 5.72. The van der Waals surface area contributed by atoms with E-state index >= 15 is 8.78 Å². The van der Waals surface area contributed by atoms with E-state index in [0.717, 1.165) is 50.5 Å². The van der Waals surface area contributed by atoms with Gasteiger partial charge in [-0.05, 0) is 72.6 Å². The maximum atomic E-state index is 15.1. The van der Waals surface area contributed by atoms with Crippen molar-refractivity contribution in [2.75, 3.05) is 0 Å². The van der Waals surface area contributed by atoms with Crippen LogP contribution >= 0.6 is 0 Å². The van der Waals surface area contributed by atoms with E-state index in [1.165, 1.54) is 18.9 Å². The highest BCUT2D eigenvalue weighted by atomic mass is 19.2. The van der Waals surface area contributed by atoms with Crippen molar-refractivity contribution in [1.82, 2.24) is 0 Å². The minimum absolute atomic E-state index is 0.0785. The van der Waals surface area contributed by atoms with Crippen LogP contribution < -0.4 is 0 Å². The van der Waals surface area contributed by atoms with Crippen LogP contribution in [0.3, 0.4) is 0 Å². The van der Waals surface area contributed by atoms with Crippen LogP contribution in [0.1, 0.15) is 99.8 Å². The molecule has 0 amide bonds. The molecule has 0 bridgehead atoms. The molecule has 0 unspecified atom stereocenters. The normalized spacial score (nSPS) is 17.8. The summed E-state index contributed by atoms with van der Waals surface area (Å²) >= 11 is 0. The first kappa shape index (κ1) is 28.1. The molecule has 0 atom stereocenters. The lowest BCUT2D eigenvalue weighted by Gasteiger charge is -2.29. The van der Waals surface area contributed by atoms with Gasteiger partial charge in [-0.15, -0.1) is 0 Å². The topological polar surface area (TPSA) is 0 Å². The lowest BCUT2D eigenvalue weighted by Crippen LogP contribution is -2.14. The van der Waals surface area contributed by atoms with Gasteiger partial charge in [-0.3, -0.25) is 0 Å². The number of aryl methyl sites for hydroxylation is 1. The Hall–Kier alpha value is -2.88. The summed E-state index contributed by atoms with van der Waals surface area (Å²) in [5.41, 5.74) is 2.63. The molecule has 1 fully saturated rings. The van der Waals surface area contributed by atoms with Gasteiger partial charge in [0.25, 0.3) is 0 Å². The minimum Gasteiger partial charge on any atom is -0.203 e. The fourth-order valence-electron chi connectivity index (χ4n) is 5.72.